The van der Waals surface area contributed by atoms with Crippen molar-refractivity contribution in [1.29, 1.82) is 0 Å². The average molecular weight is 276 g/mol. The fourth-order valence-electron chi connectivity index (χ4n) is 2.45. The van der Waals surface area contributed by atoms with Crippen LogP contribution in [0.3, 0.4) is 0 Å². The summed E-state index contributed by atoms with van der Waals surface area (Å²) in [6, 6.07) is 9.46. The van der Waals surface area contributed by atoms with E-state index in [0.29, 0.717) is 19.5 Å². The first kappa shape index (κ1) is 14.5. The van der Waals surface area contributed by atoms with Crippen LogP contribution in [0.15, 0.2) is 30.3 Å². The van der Waals surface area contributed by atoms with Crippen LogP contribution in [0.25, 0.3) is 0 Å². The monoisotopic (exact) mass is 276 g/mol. The molecule has 1 saturated heterocycles. The van der Waals surface area contributed by atoms with Gasteiger partial charge in [-0.25, -0.2) is 0 Å². The van der Waals surface area contributed by atoms with Crippen molar-refractivity contribution in [2.45, 2.75) is 19.3 Å². The Morgan fingerprint density at radius 2 is 2.05 bits per heavy atom. The Hall–Kier alpha value is -1.88. The van der Waals surface area contributed by atoms with E-state index in [1.807, 2.05) is 30.3 Å². The maximum Gasteiger partial charge on any atom is 0.303 e. The van der Waals surface area contributed by atoms with Gasteiger partial charge < -0.3 is 15.3 Å². The highest BCUT2D eigenvalue weighted by molar-refractivity contribution is 5.95. The average Bonchev–Trinajstić information content (AvgIpc) is 2.98. The molecule has 2 N–H and O–H groups in total. The second kappa shape index (κ2) is 7.05. The van der Waals surface area contributed by atoms with Gasteiger partial charge in [0.25, 0.3) is 0 Å². The maximum atomic E-state index is 12.6. The number of carbonyl (C=O) groups excluding carboxylic acids is 1. The van der Waals surface area contributed by atoms with Gasteiger partial charge in [-0.1, -0.05) is 18.2 Å². The summed E-state index contributed by atoms with van der Waals surface area (Å²) in [5.41, 5.74) is 0.842. The van der Waals surface area contributed by atoms with Gasteiger partial charge in [0.15, 0.2) is 0 Å². The third-order valence-electron chi connectivity index (χ3n) is 3.52. The Morgan fingerprint density at radius 3 is 2.65 bits per heavy atom. The van der Waals surface area contributed by atoms with E-state index in [1.54, 1.807) is 4.90 Å². The zero-order valence-corrected chi connectivity index (χ0v) is 11.4. The second-order valence-corrected chi connectivity index (χ2v) is 5.01. The van der Waals surface area contributed by atoms with Gasteiger partial charge in [0.1, 0.15) is 0 Å². The van der Waals surface area contributed by atoms with E-state index in [4.69, 9.17) is 5.11 Å². The van der Waals surface area contributed by atoms with Crippen molar-refractivity contribution >= 4 is 17.6 Å². The lowest BCUT2D eigenvalue weighted by molar-refractivity contribution is -0.137. The van der Waals surface area contributed by atoms with Crippen molar-refractivity contribution in [2.24, 2.45) is 5.92 Å². The first-order valence-electron chi connectivity index (χ1n) is 6.97. The highest BCUT2D eigenvalue weighted by Gasteiger charge is 2.27. The highest BCUT2D eigenvalue weighted by atomic mass is 16.4. The number of amides is 1. The summed E-state index contributed by atoms with van der Waals surface area (Å²) < 4.78 is 0. The summed E-state index contributed by atoms with van der Waals surface area (Å²) in [6.45, 7) is 2.03. The van der Waals surface area contributed by atoms with Crippen LogP contribution in [0.2, 0.25) is 0 Å². The molecule has 0 spiro atoms. The molecule has 1 aromatic carbocycles. The Kier molecular flexibility index (Phi) is 5.12. The lowest BCUT2D eigenvalue weighted by Gasteiger charge is -2.25. The minimum Gasteiger partial charge on any atom is -0.481 e. The molecular weight excluding hydrogens is 256 g/mol. The Labute approximate surface area is 118 Å². The lowest BCUT2D eigenvalue weighted by Crippen LogP contribution is -2.38. The number of para-hydroxylation sites is 1. The molecule has 0 bridgehead atoms. The number of carboxylic acid groups (broad SMARTS) is 1. The number of hydrogen-bond acceptors (Lipinski definition) is 3. The van der Waals surface area contributed by atoms with Gasteiger partial charge in [-0.15, -0.1) is 0 Å². The molecule has 5 nitrogen and oxygen atoms in total. The van der Waals surface area contributed by atoms with Crippen LogP contribution in [0.4, 0.5) is 5.69 Å². The summed E-state index contributed by atoms with van der Waals surface area (Å²) in [5, 5.41) is 11.9. The Balaban J connectivity index is 2.06. The molecule has 20 heavy (non-hydrogen) atoms. The number of benzene rings is 1. The van der Waals surface area contributed by atoms with E-state index in [-0.39, 0.29) is 18.2 Å². The minimum atomic E-state index is -0.826. The van der Waals surface area contributed by atoms with Gasteiger partial charge >= 0.3 is 5.97 Å². The number of hydrogen-bond donors (Lipinski definition) is 2. The molecule has 0 saturated carbocycles. The molecule has 5 heteroatoms. The van der Waals surface area contributed by atoms with Crippen LogP contribution in [-0.4, -0.2) is 36.6 Å². The fourth-order valence-corrected chi connectivity index (χ4v) is 2.45. The Morgan fingerprint density at radius 1 is 1.30 bits per heavy atom. The van der Waals surface area contributed by atoms with E-state index < -0.39 is 5.97 Å². The molecule has 0 aliphatic carbocycles. The number of nitrogens with zero attached hydrogens (tertiary/aromatic N) is 1. The Bertz CT molecular complexity index is 455. The van der Waals surface area contributed by atoms with Crippen molar-refractivity contribution in [3.05, 3.63) is 30.3 Å². The predicted molar refractivity (Wildman–Crippen MR) is 76.6 cm³/mol. The number of carboxylic acids is 1. The van der Waals surface area contributed by atoms with E-state index in [9.17, 15) is 9.59 Å². The largest absolute Gasteiger partial charge is 0.481 e. The number of carbonyl (C=O) groups is 2. The summed E-state index contributed by atoms with van der Waals surface area (Å²) in [6.07, 6.45) is 1.40. The SMILES string of the molecule is O=C(O)CCCN(C(=O)C1CCNC1)c1ccccc1. The predicted octanol–water partition coefficient (Wildman–Crippen LogP) is 1.49. The molecule has 2 rings (SSSR count). The second-order valence-electron chi connectivity index (χ2n) is 5.01. The molecule has 1 aliphatic rings. The fraction of sp³-hybridized carbons (Fsp3) is 0.467. The number of anilines is 1. The van der Waals surface area contributed by atoms with E-state index in [1.165, 1.54) is 0 Å². The summed E-state index contributed by atoms with van der Waals surface area (Å²) >= 11 is 0. The van der Waals surface area contributed by atoms with Crippen LogP contribution in [0, 0.1) is 5.92 Å². The molecule has 108 valence electrons. The van der Waals surface area contributed by atoms with Crippen LogP contribution < -0.4 is 10.2 Å². The van der Waals surface area contributed by atoms with Crippen LogP contribution >= 0.6 is 0 Å². The summed E-state index contributed by atoms with van der Waals surface area (Å²) in [5.74, 6) is -0.736. The van der Waals surface area contributed by atoms with Gasteiger partial charge in [-0.3, -0.25) is 9.59 Å². The molecule has 0 radical (unpaired) electrons. The standard InChI is InChI=1S/C15H20N2O3/c18-14(19)7-4-10-17(13-5-2-1-3-6-13)15(20)12-8-9-16-11-12/h1-3,5-6,12,16H,4,7-11H2,(H,18,19). The van der Waals surface area contributed by atoms with Gasteiger partial charge in [0.2, 0.25) is 5.91 Å². The molecular formula is C15H20N2O3. The zero-order valence-electron chi connectivity index (χ0n) is 11.4. The normalized spacial score (nSPS) is 17.9. The molecule has 1 heterocycles. The smallest absolute Gasteiger partial charge is 0.303 e. The number of aliphatic carboxylic acids is 1. The topological polar surface area (TPSA) is 69.6 Å². The van der Waals surface area contributed by atoms with Crippen molar-refractivity contribution in [3.8, 4) is 0 Å². The first-order valence-corrected chi connectivity index (χ1v) is 6.97. The summed E-state index contributed by atoms with van der Waals surface area (Å²) in [7, 11) is 0. The minimum absolute atomic E-state index is 0.0000317. The molecule has 1 atom stereocenters. The first-order chi connectivity index (χ1) is 9.68. The quantitative estimate of drug-likeness (QED) is 0.826. The van der Waals surface area contributed by atoms with Crippen molar-refractivity contribution < 1.29 is 14.7 Å². The van der Waals surface area contributed by atoms with Crippen molar-refractivity contribution in [1.82, 2.24) is 5.32 Å². The van der Waals surface area contributed by atoms with Gasteiger partial charge in [0, 0.05) is 25.2 Å². The lowest BCUT2D eigenvalue weighted by atomic mass is 10.1. The van der Waals surface area contributed by atoms with Gasteiger partial charge in [-0.2, -0.15) is 0 Å². The summed E-state index contributed by atoms with van der Waals surface area (Å²) in [4.78, 5) is 24.9. The molecule has 1 unspecified atom stereocenters. The maximum absolute atomic E-state index is 12.6. The van der Waals surface area contributed by atoms with Crippen molar-refractivity contribution in [2.75, 3.05) is 24.5 Å². The molecule has 1 fully saturated rings. The molecule has 1 amide bonds. The zero-order chi connectivity index (χ0) is 14.4. The molecule has 1 aliphatic heterocycles. The van der Waals surface area contributed by atoms with Gasteiger partial charge in [0.05, 0.1) is 5.92 Å². The van der Waals surface area contributed by atoms with Crippen LogP contribution in [0.5, 0.6) is 0 Å². The third-order valence-corrected chi connectivity index (χ3v) is 3.52. The third kappa shape index (κ3) is 3.81. The van der Waals surface area contributed by atoms with Crippen LogP contribution in [0.1, 0.15) is 19.3 Å². The van der Waals surface area contributed by atoms with Crippen molar-refractivity contribution in [3.63, 3.8) is 0 Å². The van der Waals surface area contributed by atoms with E-state index in [2.05, 4.69) is 5.32 Å². The van der Waals surface area contributed by atoms with Gasteiger partial charge in [-0.05, 0) is 31.5 Å². The number of nitrogens with one attached hydrogen (secondary N) is 1. The van der Waals surface area contributed by atoms with E-state index >= 15 is 0 Å². The van der Waals surface area contributed by atoms with E-state index in [0.717, 1.165) is 18.7 Å². The number of rotatable bonds is 6. The molecule has 1 aromatic rings. The molecule has 0 aromatic heterocycles. The highest BCUT2D eigenvalue weighted by Crippen LogP contribution is 2.20. The van der Waals surface area contributed by atoms with Crippen LogP contribution in [-0.2, 0) is 9.59 Å².